The summed E-state index contributed by atoms with van der Waals surface area (Å²) >= 11 is 0. The van der Waals surface area contributed by atoms with Gasteiger partial charge in [0.25, 0.3) is 5.91 Å². The molecule has 88 valence electrons. The van der Waals surface area contributed by atoms with Crippen molar-refractivity contribution in [1.29, 1.82) is 0 Å². The largest absolute Gasteiger partial charge is 1.00 e. The highest BCUT2D eigenvalue weighted by Gasteiger charge is 2.06. The lowest BCUT2D eigenvalue weighted by Gasteiger charge is -2.03. The lowest BCUT2D eigenvalue weighted by atomic mass is 10.2. The number of rotatable bonds is 2. The molecule has 17 heavy (non-hydrogen) atoms. The van der Waals surface area contributed by atoms with Crippen molar-refractivity contribution in [3.05, 3.63) is 60.4 Å². The molecule has 0 saturated carbocycles. The van der Waals surface area contributed by atoms with Gasteiger partial charge in [0.2, 0.25) is 0 Å². The lowest BCUT2D eigenvalue weighted by Crippen LogP contribution is -3.00. The number of hydrogen-bond donors (Lipinski definition) is 1. The number of anilines is 1. The van der Waals surface area contributed by atoms with E-state index in [4.69, 9.17) is 0 Å². The molecule has 1 aromatic carbocycles. The molecule has 1 amide bonds. The minimum atomic E-state index is -0.0909. The fourth-order valence-corrected chi connectivity index (χ4v) is 1.38. The third-order valence-corrected chi connectivity index (χ3v) is 2.27. The van der Waals surface area contributed by atoms with Crippen LogP contribution in [0, 0.1) is 0 Å². The molecule has 3 nitrogen and oxygen atoms in total. The Morgan fingerprint density at radius 1 is 1.06 bits per heavy atom. The molecule has 0 aliphatic carbocycles. The first-order chi connectivity index (χ1) is 7.75. The zero-order valence-corrected chi connectivity index (χ0v) is 11.6. The van der Waals surface area contributed by atoms with Crippen LogP contribution in [0.5, 0.6) is 0 Å². The summed E-state index contributed by atoms with van der Waals surface area (Å²) in [6, 6.07) is 13.0. The fourth-order valence-electron chi connectivity index (χ4n) is 1.38. The van der Waals surface area contributed by atoms with Crippen LogP contribution in [0.3, 0.4) is 0 Å². The molecule has 0 aliphatic heterocycles. The summed E-state index contributed by atoms with van der Waals surface area (Å²) in [6.07, 6.45) is 3.69. The van der Waals surface area contributed by atoms with Gasteiger partial charge in [0, 0.05) is 17.8 Å². The Balaban J connectivity index is 0.00000144. The quantitative estimate of drug-likeness (QED) is 0.539. The number of pyridine rings is 1. The summed E-state index contributed by atoms with van der Waals surface area (Å²) in [6.45, 7) is 0. The van der Waals surface area contributed by atoms with E-state index in [-0.39, 0.29) is 29.9 Å². The number of carbonyl (C=O) groups is 1. The molecule has 2 aromatic rings. The summed E-state index contributed by atoms with van der Waals surface area (Å²) in [5.41, 5.74) is 1.46. The van der Waals surface area contributed by atoms with Crippen molar-refractivity contribution in [3.8, 4) is 0 Å². The first-order valence-corrected chi connectivity index (χ1v) is 5.07. The van der Waals surface area contributed by atoms with Crippen LogP contribution >= 0.6 is 0 Å². The second kappa shape index (κ2) is 6.34. The number of aryl methyl sites for hydroxylation is 1. The van der Waals surface area contributed by atoms with Gasteiger partial charge in [-0.25, -0.2) is 4.57 Å². The molecule has 4 heteroatoms. The van der Waals surface area contributed by atoms with E-state index in [2.05, 4.69) is 5.32 Å². The molecule has 0 atom stereocenters. The van der Waals surface area contributed by atoms with Gasteiger partial charge in [-0.1, -0.05) is 18.2 Å². The van der Waals surface area contributed by atoms with E-state index < -0.39 is 0 Å². The van der Waals surface area contributed by atoms with E-state index in [0.29, 0.717) is 5.56 Å². The molecule has 1 aromatic heterocycles. The fraction of sp³-hybridized carbons (Fsp3) is 0.0769. The van der Waals surface area contributed by atoms with Gasteiger partial charge in [-0.05, 0) is 12.1 Å². The number of halogens is 1. The molecule has 0 aliphatic rings. The van der Waals surface area contributed by atoms with Crippen LogP contribution in [0.25, 0.3) is 0 Å². The Hall–Kier alpha value is -1.43. The number of para-hydroxylation sites is 1. The maximum atomic E-state index is 11.8. The summed E-state index contributed by atoms with van der Waals surface area (Å²) in [5.74, 6) is -0.0909. The van der Waals surface area contributed by atoms with Gasteiger partial charge in [-0.15, -0.1) is 0 Å². The minimum Gasteiger partial charge on any atom is -1.00 e. The average molecular weight is 340 g/mol. The van der Waals surface area contributed by atoms with Gasteiger partial charge in [-0.3, -0.25) is 4.79 Å². The highest BCUT2D eigenvalue weighted by atomic mass is 127. The highest BCUT2D eigenvalue weighted by Crippen LogP contribution is 2.07. The van der Waals surface area contributed by atoms with Crippen LogP contribution in [-0.4, -0.2) is 5.91 Å². The molecule has 0 spiro atoms. The van der Waals surface area contributed by atoms with Crippen LogP contribution in [0.4, 0.5) is 5.69 Å². The van der Waals surface area contributed by atoms with Gasteiger partial charge >= 0.3 is 0 Å². The van der Waals surface area contributed by atoms with Crippen LogP contribution in [0.15, 0.2) is 54.9 Å². The van der Waals surface area contributed by atoms with E-state index in [1.807, 2.05) is 54.3 Å². The Morgan fingerprint density at radius 3 is 2.24 bits per heavy atom. The number of hydrogen-bond acceptors (Lipinski definition) is 1. The predicted octanol–water partition coefficient (Wildman–Crippen LogP) is -1.23. The monoisotopic (exact) mass is 340 g/mol. The van der Waals surface area contributed by atoms with Crippen molar-refractivity contribution in [2.24, 2.45) is 7.05 Å². The zero-order chi connectivity index (χ0) is 11.4. The van der Waals surface area contributed by atoms with E-state index >= 15 is 0 Å². The van der Waals surface area contributed by atoms with Crippen LogP contribution in [0.1, 0.15) is 10.4 Å². The third kappa shape index (κ3) is 3.81. The summed E-state index contributed by atoms with van der Waals surface area (Å²) in [7, 11) is 1.92. The normalized spacial score (nSPS) is 9.24. The van der Waals surface area contributed by atoms with Gasteiger partial charge in [0.15, 0.2) is 12.4 Å². The first-order valence-electron chi connectivity index (χ1n) is 5.07. The van der Waals surface area contributed by atoms with Crippen molar-refractivity contribution < 1.29 is 33.3 Å². The number of nitrogens with one attached hydrogen (secondary N) is 1. The highest BCUT2D eigenvalue weighted by molar-refractivity contribution is 6.04. The van der Waals surface area contributed by atoms with E-state index in [1.54, 1.807) is 12.1 Å². The molecule has 1 N–H and O–H groups in total. The number of carbonyl (C=O) groups excluding carboxylic acids is 1. The van der Waals surface area contributed by atoms with E-state index in [1.165, 1.54) is 0 Å². The van der Waals surface area contributed by atoms with Crippen molar-refractivity contribution >= 4 is 11.6 Å². The molecule has 0 unspecified atom stereocenters. The van der Waals surface area contributed by atoms with Gasteiger partial charge < -0.3 is 29.3 Å². The number of amides is 1. The molecule has 0 radical (unpaired) electrons. The summed E-state index contributed by atoms with van der Waals surface area (Å²) in [5, 5.41) is 2.83. The Labute approximate surface area is 118 Å². The van der Waals surface area contributed by atoms with Crippen molar-refractivity contribution in [1.82, 2.24) is 0 Å². The molecule has 0 saturated heterocycles. The van der Waals surface area contributed by atoms with Gasteiger partial charge in [0.1, 0.15) is 7.05 Å². The number of nitrogens with zero attached hydrogens (tertiary/aromatic N) is 1. The predicted molar refractivity (Wildman–Crippen MR) is 62.0 cm³/mol. The molecule has 2 rings (SSSR count). The number of aromatic nitrogens is 1. The smallest absolute Gasteiger partial charge is 0.256 e. The van der Waals surface area contributed by atoms with Gasteiger partial charge in [0.05, 0.1) is 5.56 Å². The SMILES string of the molecule is C[n+]1ccc(C(=O)Nc2ccccc2)cc1.[I-]. The third-order valence-electron chi connectivity index (χ3n) is 2.27. The Bertz CT molecular complexity index is 483. The van der Waals surface area contributed by atoms with Crippen molar-refractivity contribution in [3.63, 3.8) is 0 Å². The average Bonchev–Trinajstić information content (AvgIpc) is 2.31. The second-order valence-electron chi connectivity index (χ2n) is 3.57. The lowest BCUT2D eigenvalue weighted by molar-refractivity contribution is -0.671. The maximum absolute atomic E-state index is 11.8. The molecule has 0 bridgehead atoms. The first kappa shape index (κ1) is 13.6. The minimum absolute atomic E-state index is 0. The van der Waals surface area contributed by atoms with Crippen molar-refractivity contribution in [2.45, 2.75) is 0 Å². The molecular weight excluding hydrogens is 327 g/mol. The molecular formula is C13H13IN2O. The second-order valence-corrected chi connectivity index (χ2v) is 3.57. The van der Waals surface area contributed by atoms with E-state index in [0.717, 1.165) is 5.69 Å². The summed E-state index contributed by atoms with van der Waals surface area (Å²) < 4.78 is 1.89. The van der Waals surface area contributed by atoms with Crippen LogP contribution < -0.4 is 33.9 Å². The standard InChI is InChI=1S/C13H12N2O.HI/c1-15-9-7-11(8-10-15)13(16)14-12-5-3-2-4-6-12;/h2-10H,1H3;1H. The maximum Gasteiger partial charge on any atom is 0.256 e. The van der Waals surface area contributed by atoms with Gasteiger partial charge in [-0.2, -0.15) is 0 Å². The summed E-state index contributed by atoms with van der Waals surface area (Å²) in [4.78, 5) is 11.8. The van der Waals surface area contributed by atoms with E-state index in [9.17, 15) is 4.79 Å². The molecule has 0 fully saturated rings. The zero-order valence-electron chi connectivity index (χ0n) is 9.43. The van der Waals surface area contributed by atoms with Crippen LogP contribution in [-0.2, 0) is 7.05 Å². The Kier molecular flexibility index (Phi) is 5.09. The van der Waals surface area contributed by atoms with Crippen LogP contribution in [0.2, 0.25) is 0 Å². The Morgan fingerprint density at radius 2 is 1.65 bits per heavy atom. The van der Waals surface area contributed by atoms with Crippen molar-refractivity contribution in [2.75, 3.05) is 5.32 Å². The topological polar surface area (TPSA) is 33.0 Å². The molecule has 1 heterocycles. The number of benzene rings is 1.